The Labute approximate surface area is 330 Å². The van der Waals surface area contributed by atoms with Crippen LogP contribution < -0.4 is 31.2 Å². The lowest BCUT2D eigenvalue weighted by Crippen LogP contribution is -2.33. The van der Waals surface area contributed by atoms with Gasteiger partial charge in [-0.15, -0.1) is 12.4 Å². The summed E-state index contributed by atoms with van der Waals surface area (Å²) in [5.74, 6) is -2.55. The van der Waals surface area contributed by atoms with Crippen molar-refractivity contribution in [1.29, 1.82) is 0 Å². The van der Waals surface area contributed by atoms with E-state index < -0.39 is 47.1 Å². The van der Waals surface area contributed by atoms with Crippen LogP contribution in [0.2, 0.25) is 0 Å². The third kappa shape index (κ3) is 11.2. The van der Waals surface area contributed by atoms with Crippen molar-refractivity contribution in [3.05, 3.63) is 117 Å². The molecular formula is C38H38Cl2F4N4O8. The molecule has 5 N–H and O–H groups in total. The van der Waals surface area contributed by atoms with Crippen LogP contribution in [0, 0.1) is 37.1 Å². The summed E-state index contributed by atoms with van der Waals surface area (Å²) in [5, 5.41) is 7.84. The van der Waals surface area contributed by atoms with Crippen molar-refractivity contribution < 1.29 is 55.7 Å². The minimum absolute atomic E-state index is 0. The van der Waals surface area contributed by atoms with Gasteiger partial charge in [0.15, 0.2) is 0 Å². The van der Waals surface area contributed by atoms with Gasteiger partial charge in [0, 0.05) is 47.4 Å². The molecule has 2 atom stereocenters. The minimum Gasteiger partial charge on any atom is -0.492 e. The Morgan fingerprint density at radius 1 is 0.696 bits per heavy atom. The van der Waals surface area contributed by atoms with Crippen LogP contribution in [0.15, 0.2) is 60.7 Å². The quantitative estimate of drug-likeness (QED) is 0.114. The average molecular weight is 826 g/mol. The Morgan fingerprint density at radius 2 is 1.12 bits per heavy atom. The van der Waals surface area contributed by atoms with Crippen molar-refractivity contribution in [3.63, 3.8) is 0 Å². The lowest BCUT2D eigenvalue weighted by atomic mass is 9.96. The van der Waals surface area contributed by atoms with E-state index in [0.717, 1.165) is 6.07 Å². The van der Waals surface area contributed by atoms with Gasteiger partial charge in [0.05, 0.1) is 50.2 Å². The maximum atomic E-state index is 14.4. The fraction of sp³-hybridized carbons (Fsp3) is 0.263. The van der Waals surface area contributed by atoms with Gasteiger partial charge in [-0.2, -0.15) is 0 Å². The summed E-state index contributed by atoms with van der Waals surface area (Å²) in [5.41, 5.74) is 7.43. The Morgan fingerprint density at radius 3 is 1.57 bits per heavy atom. The Kier molecular flexibility index (Phi) is 16.3. The van der Waals surface area contributed by atoms with Gasteiger partial charge in [-0.3, -0.25) is 9.59 Å². The number of halogens is 6. The number of fused-ring (bicyclic) bond motifs is 2. The van der Waals surface area contributed by atoms with E-state index in [-0.39, 0.29) is 64.4 Å². The molecule has 0 saturated heterocycles. The number of carbonyl (C=O) groups excluding carboxylic acids is 4. The zero-order chi connectivity index (χ0) is 40.4. The number of amides is 3. The van der Waals surface area contributed by atoms with E-state index >= 15 is 0 Å². The van der Waals surface area contributed by atoms with Gasteiger partial charge < -0.3 is 40.6 Å². The number of nitrogens with two attached hydrogens (primary N) is 1. The van der Waals surface area contributed by atoms with E-state index in [2.05, 4.69) is 37.0 Å². The van der Waals surface area contributed by atoms with E-state index in [1.54, 1.807) is 13.8 Å². The molecule has 300 valence electrons. The number of carbonyl (C=O) groups is 4. The number of benzene rings is 4. The lowest BCUT2D eigenvalue weighted by Gasteiger charge is -2.28. The highest BCUT2D eigenvalue weighted by molar-refractivity contribution is 6.61. The molecule has 0 spiro atoms. The highest BCUT2D eigenvalue weighted by atomic mass is 35.5. The smallest absolute Gasteiger partial charge is 0.407 e. The second-order valence-corrected chi connectivity index (χ2v) is 12.3. The van der Waals surface area contributed by atoms with Crippen LogP contribution in [0.5, 0.6) is 11.5 Å². The molecule has 3 amide bonds. The van der Waals surface area contributed by atoms with Crippen molar-refractivity contribution in [2.24, 2.45) is 5.73 Å². The molecule has 2 heterocycles. The van der Waals surface area contributed by atoms with E-state index in [4.69, 9.17) is 15.2 Å². The average Bonchev–Trinajstić information content (AvgIpc) is 3.15. The molecule has 4 aromatic carbocycles. The summed E-state index contributed by atoms with van der Waals surface area (Å²) in [6, 6.07) is 12.3. The molecular weight excluding hydrogens is 787 g/mol. The number of hydrogen-bond acceptors (Lipinski definition) is 9. The zero-order valence-corrected chi connectivity index (χ0v) is 32.0. The highest BCUT2D eigenvalue weighted by Gasteiger charge is 2.31. The molecule has 2 aliphatic heterocycles. The number of rotatable bonds is 5. The summed E-state index contributed by atoms with van der Waals surface area (Å²) >= 11 is 4.60. The molecule has 6 rings (SSSR count). The van der Waals surface area contributed by atoms with Crippen LogP contribution >= 0.6 is 24.0 Å². The second kappa shape index (κ2) is 20.4. The third-order valence-electron chi connectivity index (χ3n) is 8.29. The standard InChI is InChI=1S/C19H18F2N2O4.C17H16F2N2O2.C2H3ClO2.ClH/c1-10-9-11(3-5-13(10)20)22-18(24)12-4-6-14(21)16-15(23-19(25)26-2)7-8-27-17(12)16;1-9-8-10(2-4-12(9)18)21-17(22)11-3-5-13(19)15-14(20)6-7-23-16(11)15;1-5-2(3)4;/h3-6,9,15H,7-8H2,1-2H3,(H,22,24)(H,23,25);2-5,8,14H,6-7,20H2,1H3,(H,21,22);1H3;1H. The first-order chi connectivity index (χ1) is 26.1. The van der Waals surface area contributed by atoms with Gasteiger partial charge in [-0.25, -0.2) is 27.2 Å². The number of anilines is 2. The molecule has 4 aromatic rings. The van der Waals surface area contributed by atoms with Crippen LogP contribution in [0.3, 0.4) is 0 Å². The SMILES string of the molecule is COC(=O)Cl.COC(=O)NC1CCOc2c(C(=O)Nc3ccc(F)c(C)c3)ccc(F)c21.Cc1cc(NC(=O)c2ccc(F)c3c2OCCC3N)ccc1F.Cl. The van der Waals surface area contributed by atoms with Crippen LogP contribution in [0.4, 0.5) is 38.5 Å². The minimum atomic E-state index is -0.773. The molecule has 18 heteroatoms. The lowest BCUT2D eigenvalue weighted by molar-refractivity contribution is 0.101. The molecule has 0 aliphatic carbocycles. The topological polar surface area (TPSA) is 167 Å². The molecule has 0 radical (unpaired) electrons. The van der Waals surface area contributed by atoms with Gasteiger partial charge in [-0.05, 0) is 85.6 Å². The number of methoxy groups -OCH3 is 2. The molecule has 56 heavy (non-hydrogen) atoms. The van der Waals surface area contributed by atoms with E-state index in [9.17, 15) is 36.7 Å². The van der Waals surface area contributed by atoms with Crippen molar-refractivity contribution in [2.45, 2.75) is 38.8 Å². The molecule has 2 unspecified atom stereocenters. The van der Waals surface area contributed by atoms with Gasteiger partial charge in [0.25, 0.3) is 11.8 Å². The first-order valence-corrected chi connectivity index (χ1v) is 16.9. The number of hydrogen-bond donors (Lipinski definition) is 4. The van der Waals surface area contributed by atoms with Gasteiger partial charge in [-0.1, -0.05) is 0 Å². The molecule has 0 fully saturated rings. The van der Waals surface area contributed by atoms with Crippen molar-refractivity contribution in [1.82, 2.24) is 5.32 Å². The molecule has 2 aliphatic rings. The third-order valence-corrected chi connectivity index (χ3v) is 8.45. The molecule has 0 bridgehead atoms. The van der Waals surface area contributed by atoms with Crippen molar-refractivity contribution >= 4 is 58.7 Å². The Balaban J connectivity index is 0.000000266. The maximum absolute atomic E-state index is 14.4. The fourth-order valence-electron chi connectivity index (χ4n) is 5.53. The maximum Gasteiger partial charge on any atom is 0.407 e. The van der Waals surface area contributed by atoms with Gasteiger partial charge >= 0.3 is 11.5 Å². The van der Waals surface area contributed by atoms with Crippen molar-refractivity contribution in [2.75, 3.05) is 38.1 Å². The first-order valence-electron chi connectivity index (χ1n) is 16.5. The van der Waals surface area contributed by atoms with Crippen LogP contribution in [0.25, 0.3) is 0 Å². The van der Waals surface area contributed by atoms with E-state index in [0.29, 0.717) is 42.0 Å². The number of ether oxygens (including phenoxy) is 4. The van der Waals surface area contributed by atoms with Gasteiger partial charge in [0.1, 0.15) is 34.8 Å². The van der Waals surface area contributed by atoms with E-state index in [1.165, 1.54) is 68.8 Å². The number of alkyl carbamates (subject to hydrolysis) is 1. The summed E-state index contributed by atoms with van der Waals surface area (Å²) in [4.78, 5) is 46.0. The Hall–Kier alpha value is -5.58. The van der Waals surface area contributed by atoms with Crippen molar-refractivity contribution in [3.8, 4) is 11.5 Å². The first kappa shape index (κ1) is 44.8. The second-order valence-electron chi connectivity index (χ2n) is 12.0. The molecule has 0 saturated carbocycles. The normalized spacial score (nSPS) is 14.8. The number of nitrogens with one attached hydrogen (secondary N) is 3. The molecule has 12 nitrogen and oxygen atoms in total. The largest absolute Gasteiger partial charge is 0.492 e. The van der Waals surface area contributed by atoms with Crippen LogP contribution in [-0.4, -0.2) is 50.8 Å². The highest BCUT2D eigenvalue weighted by Crippen LogP contribution is 2.38. The predicted molar refractivity (Wildman–Crippen MR) is 202 cm³/mol. The Bertz CT molecular complexity index is 2090. The van der Waals surface area contributed by atoms with E-state index in [1.807, 2.05) is 0 Å². The summed E-state index contributed by atoms with van der Waals surface area (Å²) < 4.78 is 74.5. The summed E-state index contributed by atoms with van der Waals surface area (Å²) in [6.45, 7) is 3.71. The zero-order valence-electron chi connectivity index (χ0n) is 30.4. The molecule has 0 aromatic heterocycles. The number of aryl methyl sites for hydroxylation is 2. The monoisotopic (exact) mass is 824 g/mol. The van der Waals surface area contributed by atoms with Gasteiger partial charge in [0.2, 0.25) is 0 Å². The van der Waals surface area contributed by atoms with Crippen LogP contribution in [-0.2, 0) is 9.47 Å². The summed E-state index contributed by atoms with van der Waals surface area (Å²) in [6.07, 6.45) is 0.122. The fourth-order valence-corrected chi connectivity index (χ4v) is 5.53. The predicted octanol–water partition coefficient (Wildman–Crippen LogP) is 8.43. The summed E-state index contributed by atoms with van der Waals surface area (Å²) in [7, 11) is 2.43. The van der Waals surface area contributed by atoms with Crippen LogP contribution in [0.1, 0.15) is 67.9 Å².